The lowest BCUT2D eigenvalue weighted by Gasteiger charge is -2.39. The number of nitrogens with zero attached hydrogens (tertiary/aromatic N) is 2. The number of sulfone groups is 1. The van der Waals surface area contributed by atoms with Crippen LogP contribution in [0.4, 0.5) is 0 Å². The van der Waals surface area contributed by atoms with Gasteiger partial charge in [-0.3, -0.25) is 9.69 Å². The quantitative estimate of drug-likeness (QED) is 0.669. The number of hydrogen-bond acceptors (Lipinski definition) is 5. The van der Waals surface area contributed by atoms with E-state index in [4.69, 9.17) is 4.74 Å². The molecule has 2 aliphatic rings. The van der Waals surface area contributed by atoms with Crippen LogP contribution >= 0.6 is 0 Å². The highest BCUT2D eigenvalue weighted by Gasteiger charge is 2.36. The van der Waals surface area contributed by atoms with Gasteiger partial charge in [0, 0.05) is 26.2 Å². The molecule has 0 bridgehead atoms. The number of benzene rings is 2. The monoisotopic (exact) mass is 456 g/mol. The van der Waals surface area contributed by atoms with Crippen LogP contribution in [0.15, 0.2) is 54.6 Å². The molecule has 32 heavy (non-hydrogen) atoms. The number of methoxy groups -OCH3 is 1. The zero-order chi connectivity index (χ0) is 22.6. The van der Waals surface area contributed by atoms with E-state index in [1.165, 1.54) is 5.56 Å². The molecule has 172 valence electrons. The average molecular weight is 457 g/mol. The molecule has 6 nitrogen and oxygen atoms in total. The number of likely N-dealkylation sites (tertiary alicyclic amines) is 1. The molecule has 0 saturated carbocycles. The SMILES string of the molecule is COc1ccc(CC2CCN(C(=O)C(c3ccccc3)N3CCS(=O)(=O)CC3)CC2)cc1. The Balaban J connectivity index is 1.40. The standard InChI is InChI=1S/C25H32N2O4S/c1-31-23-9-7-20(8-10-23)19-21-11-13-27(14-12-21)25(28)24(22-5-3-2-4-6-22)26-15-17-32(29,30)18-16-26/h2-10,21,24H,11-19H2,1H3. The van der Waals surface area contributed by atoms with Crippen molar-refractivity contribution in [3.63, 3.8) is 0 Å². The Morgan fingerprint density at radius 3 is 2.19 bits per heavy atom. The van der Waals surface area contributed by atoms with Gasteiger partial charge in [-0.2, -0.15) is 0 Å². The molecule has 2 aromatic carbocycles. The molecule has 2 aromatic rings. The van der Waals surface area contributed by atoms with E-state index in [2.05, 4.69) is 12.1 Å². The molecule has 0 spiro atoms. The summed E-state index contributed by atoms with van der Waals surface area (Å²) in [6.07, 6.45) is 2.97. The summed E-state index contributed by atoms with van der Waals surface area (Å²) in [5.74, 6) is 1.76. The van der Waals surface area contributed by atoms with Crippen molar-refractivity contribution in [2.24, 2.45) is 5.92 Å². The van der Waals surface area contributed by atoms with Gasteiger partial charge in [-0.25, -0.2) is 8.42 Å². The number of carbonyl (C=O) groups excluding carboxylic acids is 1. The molecule has 4 rings (SSSR count). The van der Waals surface area contributed by atoms with Crippen molar-refractivity contribution in [2.45, 2.75) is 25.3 Å². The van der Waals surface area contributed by atoms with Crippen LogP contribution in [-0.4, -0.2) is 68.9 Å². The first-order valence-electron chi connectivity index (χ1n) is 11.4. The van der Waals surface area contributed by atoms with Gasteiger partial charge in [0.1, 0.15) is 11.8 Å². The molecule has 2 aliphatic heterocycles. The van der Waals surface area contributed by atoms with Crippen LogP contribution in [-0.2, 0) is 21.1 Å². The Labute approximate surface area is 191 Å². The molecule has 0 aliphatic carbocycles. The zero-order valence-electron chi connectivity index (χ0n) is 18.7. The second-order valence-electron chi connectivity index (χ2n) is 8.82. The van der Waals surface area contributed by atoms with Crippen molar-refractivity contribution in [3.8, 4) is 5.75 Å². The Morgan fingerprint density at radius 2 is 1.59 bits per heavy atom. The lowest BCUT2D eigenvalue weighted by Crippen LogP contribution is -2.50. The summed E-state index contributed by atoms with van der Waals surface area (Å²) in [6.45, 7) is 2.30. The molecule has 7 heteroatoms. The predicted octanol–water partition coefficient (Wildman–Crippen LogP) is 2.95. The minimum atomic E-state index is -3.00. The topological polar surface area (TPSA) is 66.9 Å². The highest BCUT2D eigenvalue weighted by molar-refractivity contribution is 7.91. The first kappa shape index (κ1) is 22.8. The molecule has 1 amide bonds. The smallest absolute Gasteiger partial charge is 0.244 e. The summed E-state index contributed by atoms with van der Waals surface area (Å²) in [4.78, 5) is 17.6. The van der Waals surface area contributed by atoms with Crippen molar-refractivity contribution >= 4 is 15.7 Å². The van der Waals surface area contributed by atoms with E-state index in [9.17, 15) is 13.2 Å². The Hall–Kier alpha value is -2.38. The van der Waals surface area contributed by atoms with Crippen LogP contribution in [0, 0.1) is 5.92 Å². The highest BCUT2D eigenvalue weighted by atomic mass is 32.2. The third kappa shape index (κ3) is 5.51. The van der Waals surface area contributed by atoms with E-state index >= 15 is 0 Å². The van der Waals surface area contributed by atoms with Gasteiger partial charge in [0.15, 0.2) is 9.84 Å². The van der Waals surface area contributed by atoms with E-state index in [1.54, 1.807) is 7.11 Å². The van der Waals surface area contributed by atoms with Gasteiger partial charge in [-0.1, -0.05) is 42.5 Å². The normalized spacial score (nSPS) is 20.6. The third-order valence-corrected chi connectivity index (χ3v) is 8.31. The third-order valence-electron chi connectivity index (χ3n) is 6.70. The first-order chi connectivity index (χ1) is 15.4. The highest BCUT2D eigenvalue weighted by Crippen LogP contribution is 2.29. The number of rotatable bonds is 6. The van der Waals surface area contributed by atoms with Gasteiger partial charge < -0.3 is 9.64 Å². The fourth-order valence-corrected chi connectivity index (χ4v) is 5.98. The maximum atomic E-state index is 13.6. The molecule has 1 unspecified atom stereocenters. The van der Waals surface area contributed by atoms with Crippen molar-refractivity contribution in [1.29, 1.82) is 0 Å². The van der Waals surface area contributed by atoms with Crippen molar-refractivity contribution in [2.75, 3.05) is 44.8 Å². The van der Waals surface area contributed by atoms with Crippen LogP contribution in [0.1, 0.15) is 30.0 Å². The van der Waals surface area contributed by atoms with Crippen molar-refractivity contribution in [1.82, 2.24) is 9.80 Å². The largest absolute Gasteiger partial charge is 0.497 e. The van der Waals surface area contributed by atoms with E-state index in [0.717, 1.165) is 43.7 Å². The minimum absolute atomic E-state index is 0.0957. The van der Waals surface area contributed by atoms with Gasteiger partial charge in [0.2, 0.25) is 5.91 Å². The van der Waals surface area contributed by atoms with E-state index in [0.29, 0.717) is 19.0 Å². The summed E-state index contributed by atoms with van der Waals surface area (Å²) in [5.41, 5.74) is 2.24. The Morgan fingerprint density at radius 1 is 0.969 bits per heavy atom. The summed E-state index contributed by atoms with van der Waals surface area (Å²) in [7, 11) is -1.32. The van der Waals surface area contributed by atoms with Crippen molar-refractivity contribution < 1.29 is 17.9 Å². The summed E-state index contributed by atoms with van der Waals surface area (Å²) in [5, 5.41) is 0. The molecule has 0 radical (unpaired) electrons. The average Bonchev–Trinajstić information content (AvgIpc) is 2.82. The minimum Gasteiger partial charge on any atom is -0.497 e. The molecule has 1 atom stereocenters. The van der Waals surface area contributed by atoms with Crippen LogP contribution in [0.5, 0.6) is 5.75 Å². The van der Waals surface area contributed by atoms with Gasteiger partial charge in [0.05, 0.1) is 18.6 Å². The Kier molecular flexibility index (Phi) is 7.16. The lowest BCUT2D eigenvalue weighted by molar-refractivity contribution is -0.138. The molecule has 2 fully saturated rings. The predicted molar refractivity (Wildman–Crippen MR) is 125 cm³/mol. The maximum Gasteiger partial charge on any atom is 0.244 e. The van der Waals surface area contributed by atoms with E-state index in [1.807, 2.05) is 52.3 Å². The van der Waals surface area contributed by atoms with Gasteiger partial charge in [-0.15, -0.1) is 0 Å². The van der Waals surface area contributed by atoms with Crippen LogP contribution in [0.2, 0.25) is 0 Å². The number of hydrogen-bond donors (Lipinski definition) is 0. The second-order valence-corrected chi connectivity index (χ2v) is 11.1. The first-order valence-corrected chi connectivity index (χ1v) is 13.2. The fraction of sp³-hybridized carbons (Fsp3) is 0.480. The molecular weight excluding hydrogens is 424 g/mol. The van der Waals surface area contributed by atoms with Gasteiger partial charge in [-0.05, 0) is 48.4 Å². The van der Waals surface area contributed by atoms with Crippen LogP contribution in [0.3, 0.4) is 0 Å². The summed E-state index contributed by atoms with van der Waals surface area (Å²) in [6, 6.07) is 17.6. The molecule has 2 saturated heterocycles. The lowest BCUT2D eigenvalue weighted by atomic mass is 9.89. The molecule has 2 heterocycles. The second kappa shape index (κ2) is 10.0. The molecule has 0 aromatic heterocycles. The number of piperidine rings is 1. The fourth-order valence-electron chi connectivity index (χ4n) is 4.76. The van der Waals surface area contributed by atoms with Crippen molar-refractivity contribution in [3.05, 3.63) is 65.7 Å². The molecular formula is C25H32N2O4S. The summed E-state index contributed by atoms with van der Waals surface area (Å²) >= 11 is 0. The van der Waals surface area contributed by atoms with E-state index in [-0.39, 0.29) is 17.4 Å². The molecule has 0 N–H and O–H groups in total. The zero-order valence-corrected chi connectivity index (χ0v) is 19.5. The number of carbonyl (C=O) groups is 1. The van der Waals surface area contributed by atoms with Crippen LogP contribution < -0.4 is 4.74 Å². The van der Waals surface area contributed by atoms with Crippen LogP contribution in [0.25, 0.3) is 0 Å². The van der Waals surface area contributed by atoms with Gasteiger partial charge in [0.25, 0.3) is 0 Å². The maximum absolute atomic E-state index is 13.6. The summed E-state index contributed by atoms with van der Waals surface area (Å²) < 4.78 is 29.1. The number of ether oxygens (including phenoxy) is 1. The van der Waals surface area contributed by atoms with Gasteiger partial charge >= 0.3 is 0 Å². The number of amides is 1. The van der Waals surface area contributed by atoms with E-state index < -0.39 is 15.9 Å². The Bertz CT molecular complexity index is 986.